The van der Waals surface area contributed by atoms with Gasteiger partial charge in [0.1, 0.15) is 13.2 Å². The average molecular weight is 1160 g/mol. The van der Waals surface area contributed by atoms with E-state index in [1.165, 1.54) is 295 Å². The van der Waals surface area contributed by atoms with Crippen molar-refractivity contribution in [3.05, 3.63) is 48.6 Å². The van der Waals surface area contributed by atoms with Gasteiger partial charge in [0.05, 0.1) is 0 Å². The van der Waals surface area contributed by atoms with Crippen LogP contribution in [-0.2, 0) is 28.6 Å². The molecular weight excluding hydrogens is 1020 g/mol. The first-order chi connectivity index (χ1) is 41.0. The lowest BCUT2D eigenvalue weighted by molar-refractivity contribution is -0.167. The zero-order chi connectivity index (χ0) is 59.9. The highest BCUT2D eigenvalue weighted by Gasteiger charge is 2.19. The number of hydrogen-bond acceptors (Lipinski definition) is 6. The quantitative estimate of drug-likeness (QED) is 0.0261. The van der Waals surface area contributed by atoms with Crippen molar-refractivity contribution in [1.29, 1.82) is 0 Å². The Bertz CT molecular complexity index is 1430. The molecule has 0 aliphatic heterocycles. The topological polar surface area (TPSA) is 78.9 Å². The molecule has 0 N–H and O–H groups in total. The fourth-order valence-electron chi connectivity index (χ4n) is 11.2. The Morgan fingerprint density at radius 2 is 0.434 bits per heavy atom. The highest BCUT2D eigenvalue weighted by Crippen LogP contribution is 2.18. The second-order valence-corrected chi connectivity index (χ2v) is 25.2. The third kappa shape index (κ3) is 70.0. The van der Waals surface area contributed by atoms with E-state index in [1.54, 1.807) is 0 Å². The monoisotopic (exact) mass is 1160 g/mol. The normalized spacial score (nSPS) is 12.3. The highest BCUT2D eigenvalue weighted by atomic mass is 16.6. The summed E-state index contributed by atoms with van der Waals surface area (Å²) in [7, 11) is 0. The van der Waals surface area contributed by atoms with E-state index in [2.05, 4.69) is 69.4 Å². The smallest absolute Gasteiger partial charge is 0.306 e. The Hall–Kier alpha value is -2.63. The van der Waals surface area contributed by atoms with E-state index in [0.29, 0.717) is 19.3 Å². The predicted octanol–water partition coefficient (Wildman–Crippen LogP) is 25.7. The van der Waals surface area contributed by atoms with E-state index in [4.69, 9.17) is 14.2 Å². The molecule has 0 bridgehead atoms. The summed E-state index contributed by atoms with van der Waals surface area (Å²) in [6.45, 7) is 6.67. The first kappa shape index (κ1) is 80.4. The van der Waals surface area contributed by atoms with E-state index in [-0.39, 0.29) is 31.1 Å². The van der Waals surface area contributed by atoms with Crippen LogP contribution in [0.3, 0.4) is 0 Å². The largest absolute Gasteiger partial charge is 0.462 e. The maximum absolute atomic E-state index is 12.9. The molecule has 1 atom stereocenters. The van der Waals surface area contributed by atoms with Crippen LogP contribution in [0.2, 0.25) is 0 Å². The van der Waals surface area contributed by atoms with Crippen LogP contribution in [0.1, 0.15) is 406 Å². The van der Waals surface area contributed by atoms with Crippen molar-refractivity contribution < 1.29 is 28.6 Å². The molecule has 1 unspecified atom stereocenters. The van der Waals surface area contributed by atoms with E-state index < -0.39 is 6.10 Å². The second-order valence-electron chi connectivity index (χ2n) is 25.2. The molecule has 0 saturated heterocycles. The van der Waals surface area contributed by atoms with Gasteiger partial charge < -0.3 is 14.2 Å². The van der Waals surface area contributed by atoms with Crippen molar-refractivity contribution in [2.45, 2.75) is 412 Å². The summed E-state index contributed by atoms with van der Waals surface area (Å²) < 4.78 is 17.0. The van der Waals surface area contributed by atoms with E-state index in [9.17, 15) is 14.4 Å². The minimum Gasteiger partial charge on any atom is -0.462 e. The molecule has 486 valence electrons. The number of carbonyl (C=O) groups excluding carboxylic acids is 3. The molecular formula is C77H142O6. The fraction of sp³-hybridized carbons (Fsp3) is 0.857. The summed E-state index contributed by atoms with van der Waals surface area (Å²) in [4.78, 5) is 38.5. The van der Waals surface area contributed by atoms with Crippen LogP contribution in [0.15, 0.2) is 48.6 Å². The molecule has 0 fully saturated rings. The third-order valence-corrected chi connectivity index (χ3v) is 16.8. The maximum Gasteiger partial charge on any atom is 0.306 e. The van der Waals surface area contributed by atoms with Crippen LogP contribution in [0.4, 0.5) is 0 Å². The van der Waals surface area contributed by atoms with Gasteiger partial charge in [-0.3, -0.25) is 14.4 Å². The van der Waals surface area contributed by atoms with Crippen LogP contribution in [-0.4, -0.2) is 37.2 Å². The van der Waals surface area contributed by atoms with Gasteiger partial charge in [0.2, 0.25) is 0 Å². The molecule has 0 rings (SSSR count). The van der Waals surface area contributed by atoms with Crippen LogP contribution in [0, 0.1) is 0 Å². The number of unbranched alkanes of at least 4 members (excludes halogenated alkanes) is 50. The van der Waals surface area contributed by atoms with Crippen molar-refractivity contribution in [2.75, 3.05) is 13.2 Å². The first-order valence-electron chi connectivity index (χ1n) is 37.1. The van der Waals surface area contributed by atoms with Crippen molar-refractivity contribution >= 4 is 17.9 Å². The van der Waals surface area contributed by atoms with E-state index in [1.807, 2.05) is 0 Å². The summed E-state index contributed by atoms with van der Waals surface area (Å²) in [6, 6.07) is 0. The lowest BCUT2D eigenvalue weighted by Gasteiger charge is -2.18. The van der Waals surface area contributed by atoms with Gasteiger partial charge in [-0.15, -0.1) is 0 Å². The van der Waals surface area contributed by atoms with Gasteiger partial charge in [-0.1, -0.05) is 333 Å². The van der Waals surface area contributed by atoms with Gasteiger partial charge in [-0.2, -0.15) is 0 Å². The van der Waals surface area contributed by atoms with Crippen molar-refractivity contribution in [1.82, 2.24) is 0 Å². The van der Waals surface area contributed by atoms with Crippen molar-refractivity contribution in [2.24, 2.45) is 0 Å². The number of allylic oxidation sites excluding steroid dienone is 8. The molecule has 0 heterocycles. The molecule has 6 heteroatoms. The zero-order valence-electron chi connectivity index (χ0n) is 56.0. The van der Waals surface area contributed by atoms with Crippen LogP contribution in [0.5, 0.6) is 0 Å². The van der Waals surface area contributed by atoms with Gasteiger partial charge >= 0.3 is 17.9 Å². The lowest BCUT2D eigenvalue weighted by atomic mass is 10.0. The summed E-state index contributed by atoms with van der Waals surface area (Å²) in [5.41, 5.74) is 0. The van der Waals surface area contributed by atoms with E-state index in [0.717, 1.165) is 70.6 Å². The summed E-state index contributed by atoms with van der Waals surface area (Å²) in [6.07, 6.45) is 91.5. The number of carbonyl (C=O) groups is 3. The highest BCUT2D eigenvalue weighted by molar-refractivity contribution is 5.71. The fourth-order valence-corrected chi connectivity index (χ4v) is 11.2. The second kappa shape index (κ2) is 71.8. The molecule has 0 amide bonds. The number of esters is 3. The third-order valence-electron chi connectivity index (χ3n) is 16.8. The Morgan fingerprint density at radius 3 is 0.699 bits per heavy atom. The molecule has 0 spiro atoms. The summed E-state index contributed by atoms with van der Waals surface area (Å²) in [5, 5.41) is 0. The van der Waals surface area contributed by atoms with Crippen LogP contribution >= 0.6 is 0 Å². The molecule has 0 saturated carbocycles. The van der Waals surface area contributed by atoms with Gasteiger partial charge in [0, 0.05) is 19.3 Å². The Balaban J connectivity index is 4.20. The molecule has 0 aromatic carbocycles. The standard InChI is InChI=1S/C77H142O6/c1-4-7-10-13-16-19-22-25-28-31-32-33-34-35-36-37-38-39-40-41-42-43-44-47-49-52-55-58-61-64-67-70-76(79)82-73-74(83-77(80)71-68-65-62-59-56-53-50-46-30-27-24-21-18-15-12-9-6-3)72-81-75(78)69-66-63-60-57-54-51-48-45-29-26-23-20-17-14-11-8-5-2/h18,21,26-27,29-32,74H,4-17,19-20,22-25,28,33-73H2,1-3H3/b21-18-,29-26-,30-27-,32-31-. The first-order valence-corrected chi connectivity index (χ1v) is 37.1. The summed E-state index contributed by atoms with van der Waals surface area (Å²) in [5.74, 6) is -0.859. The van der Waals surface area contributed by atoms with Crippen molar-refractivity contribution in [3.63, 3.8) is 0 Å². The summed E-state index contributed by atoms with van der Waals surface area (Å²) >= 11 is 0. The molecule has 0 aliphatic carbocycles. The maximum atomic E-state index is 12.9. The van der Waals surface area contributed by atoms with E-state index >= 15 is 0 Å². The minimum atomic E-state index is -0.779. The SMILES string of the molecule is CCCCC/C=C\C/C=C\CCCCCCCCCC(=O)OC(COC(=O)CCCCCCCCC/C=C\CCCCCCCC)COC(=O)CCCCCCCCCCCCCCCCCCCCC/C=C\CCCCCCCCCC. The number of ether oxygens (including phenoxy) is 3. The minimum absolute atomic E-state index is 0.0736. The molecule has 0 aromatic heterocycles. The molecule has 0 radical (unpaired) electrons. The molecule has 0 aromatic rings. The Labute approximate surface area is 518 Å². The van der Waals surface area contributed by atoms with Gasteiger partial charge in [-0.25, -0.2) is 0 Å². The van der Waals surface area contributed by atoms with Gasteiger partial charge in [0.15, 0.2) is 6.10 Å². The van der Waals surface area contributed by atoms with Crippen molar-refractivity contribution in [3.8, 4) is 0 Å². The predicted molar refractivity (Wildman–Crippen MR) is 362 cm³/mol. The lowest BCUT2D eigenvalue weighted by Crippen LogP contribution is -2.30. The van der Waals surface area contributed by atoms with Gasteiger partial charge in [-0.05, 0) is 103 Å². The molecule has 83 heavy (non-hydrogen) atoms. The molecule has 0 aliphatic rings. The molecule has 6 nitrogen and oxygen atoms in total. The van der Waals surface area contributed by atoms with Crippen LogP contribution in [0.25, 0.3) is 0 Å². The number of hydrogen-bond donors (Lipinski definition) is 0. The zero-order valence-corrected chi connectivity index (χ0v) is 56.0. The van der Waals surface area contributed by atoms with Crippen LogP contribution < -0.4 is 0 Å². The average Bonchev–Trinajstić information content (AvgIpc) is 3.50. The number of rotatable bonds is 69. The Morgan fingerprint density at radius 1 is 0.241 bits per heavy atom. The van der Waals surface area contributed by atoms with Gasteiger partial charge in [0.25, 0.3) is 0 Å². The Kier molecular flexibility index (Phi) is 69.6.